The fraction of sp³-hybridized carbons (Fsp3) is 0.500. The molecule has 0 aromatic carbocycles. The topological polar surface area (TPSA) is 128 Å². The highest BCUT2D eigenvalue weighted by Crippen LogP contribution is 2.18. The number of furan rings is 1. The van der Waals surface area contributed by atoms with Gasteiger partial charge in [0.15, 0.2) is 0 Å². The first-order valence-electron chi connectivity index (χ1n) is 8.87. The maximum Gasteiger partial charge on any atom is 0.331 e. The highest BCUT2D eigenvalue weighted by atomic mass is 16.4. The second-order valence-electron chi connectivity index (χ2n) is 6.99. The normalized spacial score (nSPS) is 14.2. The standard InChI is InChI=1S/C20H28O7/c1-20(2,26)17(21)10-9-16(19(24)25)8-4-7-15(18(22)23)6-3-5-14-11-12-27-13-14/h6,8,11-13,17,21,26H,3-5,7,9-10H2,1-2H3,(H,22,23)(H,24,25). The lowest BCUT2D eigenvalue weighted by atomic mass is 9.95. The van der Waals surface area contributed by atoms with Crippen LogP contribution in [0.25, 0.3) is 0 Å². The lowest BCUT2D eigenvalue weighted by Crippen LogP contribution is -2.35. The van der Waals surface area contributed by atoms with Gasteiger partial charge in [-0.25, -0.2) is 9.59 Å². The Labute approximate surface area is 158 Å². The Morgan fingerprint density at radius 2 is 1.70 bits per heavy atom. The lowest BCUT2D eigenvalue weighted by molar-refractivity contribution is -0.133. The molecule has 1 rings (SSSR count). The molecule has 7 heteroatoms. The number of carboxylic acid groups (broad SMARTS) is 2. The van der Waals surface area contributed by atoms with Crippen molar-refractivity contribution in [2.45, 2.75) is 64.1 Å². The van der Waals surface area contributed by atoms with Crippen LogP contribution in [0.3, 0.4) is 0 Å². The highest BCUT2D eigenvalue weighted by Gasteiger charge is 2.24. The van der Waals surface area contributed by atoms with Crippen LogP contribution in [0.1, 0.15) is 51.5 Å². The minimum atomic E-state index is -1.31. The molecule has 4 N–H and O–H groups in total. The largest absolute Gasteiger partial charge is 0.478 e. The van der Waals surface area contributed by atoms with Gasteiger partial charge in [-0.05, 0) is 64.0 Å². The SMILES string of the molecule is CC(C)(O)C(O)CCC(=CCCC(=CCCc1ccoc1)C(=O)O)C(=O)O. The van der Waals surface area contributed by atoms with Crippen LogP contribution in [0.15, 0.2) is 46.3 Å². The van der Waals surface area contributed by atoms with Crippen molar-refractivity contribution < 1.29 is 34.4 Å². The Morgan fingerprint density at radius 3 is 2.22 bits per heavy atom. The molecule has 0 saturated carbocycles. The van der Waals surface area contributed by atoms with E-state index in [0.29, 0.717) is 12.8 Å². The molecule has 0 aliphatic heterocycles. The van der Waals surface area contributed by atoms with E-state index in [9.17, 15) is 30.0 Å². The van der Waals surface area contributed by atoms with Crippen molar-refractivity contribution >= 4 is 11.9 Å². The van der Waals surface area contributed by atoms with Gasteiger partial charge >= 0.3 is 11.9 Å². The Morgan fingerprint density at radius 1 is 1.11 bits per heavy atom. The zero-order valence-electron chi connectivity index (χ0n) is 15.7. The third kappa shape index (κ3) is 8.70. The number of carbonyl (C=O) groups is 2. The number of hydrogen-bond donors (Lipinski definition) is 4. The predicted molar refractivity (Wildman–Crippen MR) is 99.2 cm³/mol. The summed E-state index contributed by atoms with van der Waals surface area (Å²) in [6.07, 6.45) is 7.14. The molecule has 0 bridgehead atoms. The van der Waals surface area contributed by atoms with Crippen LogP contribution < -0.4 is 0 Å². The third-order valence-corrected chi connectivity index (χ3v) is 4.26. The van der Waals surface area contributed by atoms with E-state index in [-0.39, 0.29) is 36.8 Å². The fourth-order valence-corrected chi connectivity index (χ4v) is 2.49. The van der Waals surface area contributed by atoms with E-state index in [0.717, 1.165) is 5.56 Å². The average Bonchev–Trinajstić information content (AvgIpc) is 3.07. The quantitative estimate of drug-likeness (QED) is 0.410. The van der Waals surface area contributed by atoms with Crippen LogP contribution in [0, 0.1) is 0 Å². The molecule has 1 atom stereocenters. The van der Waals surface area contributed by atoms with Gasteiger partial charge in [-0.1, -0.05) is 12.2 Å². The molecule has 1 heterocycles. The molecular formula is C20H28O7. The summed E-state index contributed by atoms with van der Waals surface area (Å²) in [4.78, 5) is 22.7. The number of allylic oxidation sites excluding steroid dienone is 2. The van der Waals surface area contributed by atoms with Crippen LogP contribution in [0.4, 0.5) is 0 Å². The van der Waals surface area contributed by atoms with Crippen molar-refractivity contribution in [3.8, 4) is 0 Å². The Balaban J connectivity index is 2.60. The summed E-state index contributed by atoms with van der Waals surface area (Å²) in [6.45, 7) is 2.91. The number of aryl methyl sites for hydroxylation is 1. The van der Waals surface area contributed by atoms with Crippen molar-refractivity contribution in [3.05, 3.63) is 47.5 Å². The monoisotopic (exact) mass is 380 g/mol. The summed E-state index contributed by atoms with van der Waals surface area (Å²) < 4.78 is 4.96. The molecule has 1 unspecified atom stereocenters. The molecule has 0 amide bonds. The van der Waals surface area contributed by atoms with E-state index in [2.05, 4.69) is 0 Å². The van der Waals surface area contributed by atoms with Gasteiger partial charge in [-0.2, -0.15) is 0 Å². The number of rotatable bonds is 12. The zero-order valence-corrected chi connectivity index (χ0v) is 15.7. The number of aliphatic hydroxyl groups is 2. The molecule has 0 radical (unpaired) electrons. The predicted octanol–water partition coefficient (Wildman–Crippen LogP) is 2.93. The van der Waals surface area contributed by atoms with Crippen molar-refractivity contribution in [3.63, 3.8) is 0 Å². The van der Waals surface area contributed by atoms with Crippen LogP contribution in [0.5, 0.6) is 0 Å². The Hall–Kier alpha value is -2.38. The molecule has 0 fully saturated rings. The van der Waals surface area contributed by atoms with Crippen LogP contribution in [0.2, 0.25) is 0 Å². The molecule has 27 heavy (non-hydrogen) atoms. The zero-order chi connectivity index (χ0) is 20.4. The van der Waals surface area contributed by atoms with E-state index in [1.807, 2.05) is 6.07 Å². The summed E-state index contributed by atoms with van der Waals surface area (Å²) in [6, 6.07) is 1.82. The first-order valence-corrected chi connectivity index (χ1v) is 8.87. The smallest absolute Gasteiger partial charge is 0.331 e. The van der Waals surface area contributed by atoms with Crippen LogP contribution in [-0.4, -0.2) is 44.1 Å². The van der Waals surface area contributed by atoms with E-state index in [4.69, 9.17) is 4.42 Å². The second-order valence-corrected chi connectivity index (χ2v) is 6.99. The first kappa shape index (κ1) is 22.7. The van der Waals surface area contributed by atoms with Gasteiger partial charge < -0.3 is 24.8 Å². The number of aliphatic carboxylic acids is 2. The minimum Gasteiger partial charge on any atom is -0.478 e. The van der Waals surface area contributed by atoms with Crippen molar-refractivity contribution in [2.75, 3.05) is 0 Å². The highest BCUT2D eigenvalue weighted by molar-refractivity contribution is 5.87. The summed E-state index contributed by atoms with van der Waals surface area (Å²) in [5.41, 5.74) is 0.00418. The number of aliphatic hydroxyl groups excluding tert-OH is 1. The molecular weight excluding hydrogens is 352 g/mol. The van der Waals surface area contributed by atoms with Gasteiger partial charge in [0.2, 0.25) is 0 Å². The fourth-order valence-electron chi connectivity index (χ4n) is 2.49. The molecule has 7 nitrogen and oxygen atoms in total. The summed E-state index contributed by atoms with van der Waals surface area (Å²) in [5.74, 6) is -2.14. The molecule has 0 spiro atoms. The van der Waals surface area contributed by atoms with Gasteiger partial charge in [-0.3, -0.25) is 0 Å². The third-order valence-electron chi connectivity index (χ3n) is 4.26. The first-order chi connectivity index (χ1) is 12.6. The molecule has 150 valence electrons. The second kappa shape index (κ2) is 10.7. The summed E-state index contributed by atoms with van der Waals surface area (Å²) in [7, 11) is 0. The van der Waals surface area contributed by atoms with Gasteiger partial charge in [0.1, 0.15) is 0 Å². The van der Waals surface area contributed by atoms with Crippen molar-refractivity contribution in [1.82, 2.24) is 0 Å². The average molecular weight is 380 g/mol. The van der Waals surface area contributed by atoms with E-state index >= 15 is 0 Å². The number of carboxylic acids is 2. The number of hydrogen-bond acceptors (Lipinski definition) is 5. The molecule has 1 aromatic rings. The van der Waals surface area contributed by atoms with Crippen LogP contribution >= 0.6 is 0 Å². The van der Waals surface area contributed by atoms with E-state index in [1.54, 1.807) is 18.6 Å². The minimum absolute atomic E-state index is 0.0904. The van der Waals surface area contributed by atoms with Gasteiger partial charge in [0, 0.05) is 11.1 Å². The van der Waals surface area contributed by atoms with E-state index in [1.165, 1.54) is 19.9 Å². The van der Waals surface area contributed by atoms with Gasteiger partial charge in [-0.15, -0.1) is 0 Å². The maximum atomic E-state index is 11.3. The molecule has 0 aliphatic rings. The van der Waals surface area contributed by atoms with Crippen molar-refractivity contribution in [1.29, 1.82) is 0 Å². The summed E-state index contributed by atoms with van der Waals surface area (Å²) in [5, 5.41) is 38.1. The maximum absolute atomic E-state index is 11.3. The van der Waals surface area contributed by atoms with Gasteiger partial charge in [0.05, 0.1) is 24.2 Å². The Bertz CT molecular complexity index is 663. The van der Waals surface area contributed by atoms with Crippen molar-refractivity contribution in [2.24, 2.45) is 0 Å². The van der Waals surface area contributed by atoms with Gasteiger partial charge in [0.25, 0.3) is 0 Å². The summed E-state index contributed by atoms with van der Waals surface area (Å²) >= 11 is 0. The molecule has 1 aromatic heterocycles. The molecule has 0 saturated heterocycles. The van der Waals surface area contributed by atoms with E-state index < -0.39 is 23.6 Å². The van der Waals surface area contributed by atoms with Crippen LogP contribution in [-0.2, 0) is 16.0 Å². The molecule has 0 aliphatic carbocycles. The Kier molecular flexibility index (Phi) is 8.97. The lowest BCUT2D eigenvalue weighted by Gasteiger charge is -2.24.